The molecule has 0 bridgehead atoms. The number of likely N-dealkylation sites (tertiary alicyclic amines) is 1. The fourth-order valence-electron chi connectivity index (χ4n) is 3.52. The van der Waals surface area contributed by atoms with E-state index in [1.165, 1.54) is 0 Å². The molecule has 2 aromatic rings. The molecule has 1 amide bonds. The molecule has 6 heteroatoms. The van der Waals surface area contributed by atoms with Crippen LogP contribution in [0.15, 0.2) is 35.8 Å². The number of amides is 1. The van der Waals surface area contributed by atoms with Crippen LogP contribution in [0.5, 0.6) is 5.75 Å². The average molecular weight is 374 g/mol. The third-order valence-corrected chi connectivity index (χ3v) is 6.23. The number of nitrogens with zero attached hydrogens (tertiary/aromatic N) is 3. The fraction of sp³-hybridized carbons (Fsp3) is 0.500. The summed E-state index contributed by atoms with van der Waals surface area (Å²) in [5.41, 5.74) is 1.11. The van der Waals surface area contributed by atoms with Crippen LogP contribution in [-0.4, -0.2) is 47.4 Å². The second kappa shape index (κ2) is 8.64. The lowest BCUT2D eigenvalue weighted by Crippen LogP contribution is -2.35. The summed E-state index contributed by atoms with van der Waals surface area (Å²) >= 11 is 1.69. The van der Waals surface area contributed by atoms with Crippen molar-refractivity contribution in [3.8, 4) is 5.75 Å². The van der Waals surface area contributed by atoms with Gasteiger partial charge in [-0.2, -0.15) is 0 Å². The van der Waals surface area contributed by atoms with E-state index < -0.39 is 0 Å². The molecule has 0 spiro atoms. The van der Waals surface area contributed by atoms with E-state index in [1.807, 2.05) is 34.7 Å². The second-order valence-corrected chi connectivity index (χ2v) is 7.79. The zero-order valence-corrected chi connectivity index (χ0v) is 16.5. The Balaban J connectivity index is 1.63. The predicted octanol–water partition coefficient (Wildman–Crippen LogP) is 3.73. The first-order valence-corrected chi connectivity index (χ1v) is 9.98. The van der Waals surface area contributed by atoms with E-state index in [-0.39, 0.29) is 11.9 Å². The highest BCUT2D eigenvalue weighted by Gasteiger charge is 2.28. The molecule has 0 saturated carbocycles. The molecule has 1 aromatic carbocycles. The van der Waals surface area contributed by atoms with Crippen molar-refractivity contribution >= 4 is 17.2 Å². The van der Waals surface area contributed by atoms with Crippen molar-refractivity contribution < 1.29 is 9.53 Å². The molecular formula is C20H27N3O2S. The quantitative estimate of drug-likeness (QED) is 0.774. The summed E-state index contributed by atoms with van der Waals surface area (Å²) in [7, 11) is 3.82. The minimum Gasteiger partial charge on any atom is -0.497 e. The molecule has 140 valence electrons. The maximum Gasteiger partial charge on any atom is 0.222 e. The number of carbonyl (C=O) groups is 1. The first-order chi connectivity index (χ1) is 12.6. The molecule has 1 saturated heterocycles. The summed E-state index contributed by atoms with van der Waals surface area (Å²) in [4.78, 5) is 21.4. The van der Waals surface area contributed by atoms with E-state index in [9.17, 15) is 4.79 Å². The summed E-state index contributed by atoms with van der Waals surface area (Å²) in [5, 5.41) is 3.16. The normalized spacial score (nSPS) is 19.5. The standard InChI is InChI=1S/C20H27N3O2S/c1-15(20-21-10-12-26-20)22(2)17-7-8-19(24)23(11-9-17)14-16-5-4-6-18(13-16)25-3/h4-6,10,12-13,15,17H,7-9,11,14H2,1-3H3. The summed E-state index contributed by atoms with van der Waals surface area (Å²) in [5.74, 6) is 1.07. The fourth-order valence-corrected chi connectivity index (χ4v) is 4.27. The highest BCUT2D eigenvalue weighted by molar-refractivity contribution is 7.09. The number of benzene rings is 1. The van der Waals surface area contributed by atoms with Gasteiger partial charge in [0, 0.05) is 37.1 Å². The summed E-state index contributed by atoms with van der Waals surface area (Å²) in [6.45, 7) is 3.63. The Morgan fingerprint density at radius 2 is 2.27 bits per heavy atom. The van der Waals surface area contributed by atoms with Crippen molar-refractivity contribution in [3.63, 3.8) is 0 Å². The van der Waals surface area contributed by atoms with Gasteiger partial charge in [-0.3, -0.25) is 9.69 Å². The lowest BCUT2D eigenvalue weighted by Gasteiger charge is -2.31. The molecule has 5 nitrogen and oxygen atoms in total. The highest BCUT2D eigenvalue weighted by atomic mass is 32.1. The first kappa shape index (κ1) is 18.9. The Hall–Kier alpha value is -1.92. The van der Waals surface area contributed by atoms with Crippen LogP contribution in [0.3, 0.4) is 0 Å². The van der Waals surface area contributed by atoms with Crippen LogP contribution in [0.4, 0.5) is 0 Å². The van der Waals surface area contributed by atoms with E-state index in [4.69, 9.17) is 4.74 Å². The van der Waals surface area contributed by atoms with Gasteiger partial charge in [0.2, 0.25) is 5.91 Å². The summed E-state index contributed by atoms with van der Waals surface area (Å²) < 4.78 is 5.29. The van der Waals surface area contributed by atoms with Crippen molar-refractivity contribution in [1.82, 2.24) is 14.8 Å². The molecule has 2 heterocycles. The van der Waals surface area contributed by atoms with Crippen LogP contribution in [0.2, 0.25) is 0 Å². The lowest BCUT2D eigenvalue weighted by molar-refractivity contribution is -0.131. The SMILES string of the molecule is COc1cccc(CN2CCC(N(C)C(C)c3nccs3)CCC2=O)c1. The van der Waals surface area contributed by atoms with Gasteiger partial charge < -0.3 is 9.64 Å². The van der Waals surface area contributed by atoms with E-state index in [2.05, 4.69) is 29.9 Å². The third kappa shape index (κ3) is 4.43. The monoisotopic (exact) mass is 373 g/mol. The zero-order chi connectivity index (χ0) is 18.5. The molecule has 0 aliphatic carbocycles. The summed E-state index contributed by atoms with van der Waals surface area (Å²) in [6.07, 6.45) is 4.35. The largest absolute Gasteiger partial charge is 0.497 e. The van der Waals surface area contributed by atoms with Crippen molar-refractivity contribution in [2.75, 3.05) is 20.7 Å². The molecule has 2 atom stereocenters. The highest BCUT2D eigenvalue weighted by Crippen LogP contribution is 2.27. The number of rotatable bonds is 6. The van der Waals surface area contributed by atoms with Gasteiger partial charge in [-0.05, 0) is 44.5 Å². The summed E-state index contributed by atoms with van der Waals surface area (Å²) in [6, 6.07) is 8.64. The Morgan fingerprint density at radius 3 is 3.00 bits per heavy atom. The van der Waals surface area contributed by atoms with Crippen LogP contribution >= 0.6 is 11.3 Å². The number of hydrogen-bond donors (Lipinski definition) is 0. The van der Waals surface area contributed by atoms with Crippen molar-refractivity contribution in [2.24, 2.45) is 0 Å². The molecule has 3 rings (SSSR count). The van der Waals surface area contributed by atoms with Crippen LogP contribution < -0.4 is 4.74 Å². The van der Waals surface area contributed by atoms with Crippen LogP contribution in [0.1, 0.15) is 42.8 Å². The van der Waals surface area contributed by atoms with Gasteiger partial charge >= 0.3 is 0 Å². The minimum absolute atomic E-state index is 0.241. The number of methoxy groups -OCH3 is 1. The Labute approximate surface area is 159 Å². The first-order valence-electron chi connectivity index (χ1n) is 9.10. The molecule has 0 radical (unpaired) electrons. The average Bonchev–Trinajstić information content (AvgIpc) is 3.14. The van der Waals surface area contributed by atoms with Gasteiger partial charge in [0.15, 0.2) is 0 Å². The van der Waals surface area contributed by atoms with Crippen molar-refractivity contribution in [3.05, 3.63) is 46.4 Å². The van der Waals surface area contributed by atoms with Crippen LogP contribution in [0, 0.1) is 0 Å². The second-order valence-electron chi connectivity index (χ2n) is 6.86. The number of hydrogen-bond acceptors (Lipinski definition) is 5. The van der Waals surface area contributed by atoms with Gasteiger partial charge in [0.05, 0.1) is 13.2 Å². The van der Waals surface area contributed by atoms with Gasteiger partial charge in [0.25, 0.3) is 0 Å². The number of ether oxygens (including phenoxy) is 1. The zero-order valence-electron chi connectivity index (χ0n) is 15.7. The van der Waals surface area contributed by atoms with E-state index in [0.29, 0.717) is 19.0 Å². The molecule has 1 aliphatic heterocycles. The Morgan fingerprint density at radius 1 is 1.42 bits per heavy atom. The van der Waals surface area contributed by atoms with E-state index >= 15 is 0 Å². The maximum atomic E-state index is 12.6. The van der Waals surface area contributed by atoms with Crippen molar-refractivity contribution in [1.29, 1.82) is 0 Å². The molecular weight excluding hydrogens is 346 g/mol. The minimum atomic E-state index is 0.241. The van der Waals surface area contributed by atoms with Crippen LogP contribution in [-0.2, 0) is 11.3 Å². The molecule has 1 fully saturated rings. The molecule has 1 aromatic heterocycles. The number of thiazole rings is 1. The molecule has 26 heavy (non-hydrogen) atoms. The molecule has 1 aliphatic rings. The predicted molar refractivity (Wildman–Crippen MR) is 104 cm³/mol. The number of carbonyl (C=O) groups excluding carboxylic acids is 1. The van der Waals surface area contributed by atoms with Gasteiger partial charge in [0.1, 0.15) is 10.8 Å². The van der Waals surface area contributed by atoms with Gasteiger partial charge in [-0.15, -0.1) is 11.3 Å². The van der Waals surface area contributed by atoms with E-state index in [0.717, 1.165) is 35.7 Å². The van der Waals surface area contributed by atoms with Crippen LogP contribution in [0.25, 0.3) is 0 Å². The topological polar surface area (TPSA) is 45.7 Å². The Bertz CT molecular complexity index is 720. The van der Waals surface area contributed by atoms with Crippen molar-refractivity contribution in [2.45, 2.75) is 44.8 Å². The smallest absolute Gasteiger partial charge is 0.222 e. The third-order valence-electron chi connectivity index (χ3n) is 5.28. The van der Waals surface area contributed by atoms with E-state index in [1.54, 1.807) is 18.4 Å². The lowest BCUT2D eigenvalue weighted by atomic mass is 10.1. The maximum absolute atomic E-state index is 12.6. The Kier molecular flexibility index (Phi) is 6.27. The van der Waals surface area contributed by atoms with Gasteiger partial charge in [-0.1, -0.05) is 12.1 Å². The van der Waals surface area contributed by atoms with Gasteiger partial charge in [-0.25, -0.2) is 4.98 Å². The molecule has 0 N–H and O–H groups in total. The number of aromatic nitrogens is 1. The molecule has 2 unspecified atom stereocenters.